The highest BCUT2D eigenvalue weighted by molar-refractivity contribution is 5.31. The van der Waals surface area contributed by atoms with Crippen LogP contribution in [-0.2, 0) is 0 Å². The fraction of sp³-hybridized carbons (Fsp3) is 0.714. The van der Waals surface area contributed by atoms with Crippen LogP contribution in [0.2, 0.25) is 0 Å². The molecule has 0 nitrogen and oxygen atoms in total. The van der Waals surface area contributed by atoms with Gasteiger partial charge in [0.25, 0.3) is 0 Å². The Balaban J connectivity index is 1.19. The smallest absolute Gasteiger partial charge is 0.00185 e. The minimum Gasteiger partial charge on any atom is -0.0848 e. The van der Waals surface area contributed by atoms with Gasteiger partial charge in [-0.2, -0.15) is 0 Å². The van der Waals surface area contributed by atoms with Crippen molar-refractivity contribution in [3.8, 4) is 0 Å². The summed E-state index contributed by atoms with van der Waals surface area (Å²) in [5, 5.41) is 0. The quantitative estimate of drug-likeness (QED) is 0.221. The molecule has 0 amide bonds. The first-order valence-corrected chi connectivity index (χ1v) is 15.7. The Morgan fingerprint density at radius 1 is 0.600 bits per heavy atom. The summed E-state index contributed by atoms with van der Waals surface area (Å²) in [7, 11) is 0. The molecule has 0 saturated heterocycles. The number of rotatable bonds is 11. The van der Waals surface area contributed by atoms with E-state index in [9.17, 15) is 0 Å². The van der Waals surface area contributed by atoms with Crippen LogP contribution in [0, 0.1) is 23.7 Å². The van der Waals surface area contributed by atoms with E-state index in [1.807, 2.05) is 0 Å². The van der Waals surface area contributed by atoms with Crippen molar-refractivity contribution in [2.75, 3.05) is 0 Å². The van der Waals surface area contributed by atoms with Crippen LogP contribution in [0.4, 0.5) is 0 Å². The number of unbranched alkanes of at least 4 members (excludes halogenated alkanes) is 3. The molecule has 35 heavy (non-hydrogen) atoms. The lowest BCUT2D eigenvalue weighted by Gasteiger charge is -2.29. The highest BCUT2D eigenvalue weighted by Gasteiger charge is 2.23. The fourth-order valence-electron chi connectivity index (χ4n) is 7.22. The molecule has 2 unspecified atom stereocenters. The van der Waals surface area contributed by atoms with E-state index in [0.717, 1.165) is 23.7 Å². The lowest BCUT2D eigenvalue weighted by Crippen LogP contribution is -2.14. The van der Waals surface area contributed by atoms with Crippen LogP contribution in [0.25, 0.3) is 0 Å². The third kappa shape index (κ3) is 8.36. The maximum Gasteiger partial charge on any atom is 0.00185 e. The van der Waals surface area contributed by atoms with Crippen molar-refractivity contribution in [2.45, 2.75) is 135 Å². The number of hydrogen-bond donors (Lipinski definition) is 0. The van der Waals surface area contributed by atoms with Gasteiger partial charge in [-0.1, -0.05) is 107 Å². The average Bonchev–Trinajstić information content (AvgIpc) is 2.92. The molecule has 0 N–H and O–H groups in total. The van der Waals surface area contributed by atoms with E-state index in [1.54, 1.807) is 5.56 Å². The highest BCUT2D eigenvalue weighted by atomic mass is 14.3. The van der Waals surface area contributed by atoms with Crippen molar-refractivity contribution < 1.29 is 0 Å². The summed E-state index contributed by atoms with van der Waals surface area (Å²) in [4.78, 5) is 0. The Hall–Kier alpha value is -1.30. The Morgan fingerprint density at radius 2 is 1.23 bits per heavy atom. The van der Waals surface area contributed by atoms with Crippen LogP contribution >= 0.6 is 0 Å². The monoisotopic (exact) mass is 474 g/mol. The van der Waals surface area contributed by atoms with E-state index in [2.05, 4.69) is 62.4 Å². The molecule has 0 aliphatic heterocycles. The summed E-state index contributed by atoms with van der Waals surface area (Å²) in [6, 6.07) is 9.82. The Labute approximate surface area is 218 Å². The summed E-state index contributed by atoms with van der Waals surface area (Å²) in [5.74, 6) is 4.97. The predicted molar refractivity (Wildman–Crippen MR) is 154 cm³/mol. The molecule has 3 aliphatic rings. The molecule has 194 valence electrons. The van der Waals surface area contributed by atoms with E-state index < -0.39 is 0 Å². The van der Waals surface area contributed by atoms with E-state index in [1.165, 1.54) is 115 Å². The summed E-state index contributed by atoms with van der Waals surface area (Å²) < 4.78 is 0. The van der Waals surface area contributed by atoms with Crippen LogP contribution < -0.4 is 0 Å². The zero-order valence-corrected chi connectivity index (χ0v) is 23.1. The number of allylic oxidation sites excluding steroid dienone is 4. The molecule has 0 aromatic heterocycles. The van der Waals surface area contributed by atoms with Gasteiger partial charge in [0, 0.05) is 5.92 Å². The standard InChI is InChI=1S/C35H54/c1-3-5-7-9-29-10-12-30(13-11-29)14-15-31-18-22-33(23-19-31)35-26-24-34(25-27-35)32-20-16-28(17-21-32)8-6-4-2/h14-15,18,22,24-33H,3-13,16-17,19-21,23H2,1-2H3. The normalized spacial score (nSPS) is 31.7. The molecule has 2 fully saturated rings. The molecule has 4 rings (SSSR count). The minimum atomic E-state index is 0.622. The zero-order valence-electron chi connectivity index (χ0n) is 23.1. The van der Waals surface area contributed by atoms with Gasteiger partial charge >= 0.3 is 0 Å². The van der Waals surface area contributed by atoms with Crippen LogP contribution in [0.15, 0.2) is 48.6 Å². The Bertz CT molecular complexity index is 752. The predicted octanol–water partition coefficient (Wildman–Crippen LogP) is 11.1. The molecular formula is C35H54. The molecule has 2 atom stereocenters. The molecule has 0 heterocycles. The van der Waals surface area contributed by atoms with Gasteiger partial charge < -0.3 is 0 Å². The van der Waals surface area contributed by atoms with Gasteiger partial charge in [-0.3, -0.25) is 0 Å². The van der Waals surface area contributed by atoms with Crippen molar-refractivity contribution in [3.63, 3.8) is 0 Å². The molecule has 1 aromatic rings. The van der Waals surface area contributed by atoms with Crippen LogP contribution in [0.3, 0.4) is 0 Å². The molecule has 0 heteroatoms. The average molecular weight is 475 g/mol. The fourth-order valence-corrected chi connectivity index (χ4v) is 7.22. The van der Waals surface area contributed by atoms with Crippen molar-refractivity contribution in [1.29, 1.82) is 0 Å². The molecule has 0 spiro atoms. The van der Waals surface area contributed by atoms with Gasteiger partial charge in [0.2, 0.25) is 0 Å². The highest BCUT2D eigenvalue weighted by Crippen LogP contribution is 2.39. The van der Waals surface area contributed by atoms with Crippen LogP contribution in [-0.4, -0.2) is 0 Å². The minimum absolute atomic E-state index is 0.622. The van der Waals surface area contributed by atoms with Gasteiger partial charge in [-0.05, 0) is 105 Å². The lowest BCUT2D eigenvalue weighted by molar-refractivity contribution is 0.289. The van der Waals surface area contributed by atoms with Crippen molar-refractivity contribution in [2.24, 2.45) is 23.7 Å². The summed E-state index contributed by atoms with van der Waals surface area (Å²) >= 11 is 0. The Morgan fingerprint density at radius 3 is 1.86 bits per heavy atom. The summed E-state index contributed by atoms with van der Waals surface area (Å²) in [5.41, 5.74) is 3.13. The molecule has 0 bridgehead atoms. The molecule has 0 radical (unpaired) electrons. The van der Waals surface area contributed by atoms with Gasteiger partial charge in [0.05, 0.1) is 0 Å². The van der Waals surface area contributed by atoms with Crippen LogP contribution in [0.1, 0.15) is 146 Å². The van der Waals surface area contributed by atoms with Crippen molar-refractivity contribution in [3.05, 3.63) is 59.7 Å². The van der Waals surface area contributed by atoms with Gasteiger partial charge in [-0.25, -0.2) is 0 Å². The second-order valence-corrected chi connectivity index (χ2v) is 12.4. The molecular weight excluding hydrogens is 420 g/mol. The topological polar surface area (TPSA) is 0 Å². The van der Waals surface area contributed by atoms with Gasteiger partial charge in [-0.15, -0.1) is 0 Å². The third-order valence-corrected chi connectivity index (χ3v) is 9.79. The maximum atomic E-state index is 2.59. The lowest BCUT2D eigenvalue weighted by atomic mass is 9.76. The number of benzene rings is 1. The molecule has 1 aromatic carbocycles. The SMILES string of the molecule is CCCCCC1CCC(C=CC2C=CC(c3ccc(C4CCC(CCCC)CC4)cc3)CC2)CC1. The van der Waals surface area contributed by atoms with Crippen LogP contribution in [0.5, 0.6) is 0 Å². The first kappa shape index (κ1) is 26.8. The largest absolute Gasteiger partial charge is 0.0848 e. The van der Waals surface area contributed by atoms with E-state index in [-0.39, 0.29) is 0 Å². The first-order valence-electron chi connectivity index (χ1n) is 15.7. The maximum absolute atomic E-state index is 2.59. The Kier molecular flexibility index (Phi) is 11.0. The summed E-state index contributed by atoms with van der Waals surface area (Å²) in [6.45, 7) is 4.65. The summed E-state index contributed by atoms with van der Waals surface area (Å²) in [6.07, 6.45) is 34.3. The van der Waals surface area contributed by atoms with Crippen molar-refractivity contribution >= 4 is 0 Å². The van der Waals surface area contributed by atoms with E-state index in [0.29, 0.717) is 11.8 Å². The molecule has 2 saturated carbocycles. The van der Waals surface area contributed by atoms with E-state index in [4.69, 9.17) is 0 Å². The van der Waals surface area contributed by atoms with E-state index >= 15 is 0 Å². The van der Waals surface area contributed by atoms with Crippen molar-refractivity contribution in [1.82, 2.24) is 0 Å². The molecule has 3 aliphatic carbocycles. The second kappa shape index (κ2) is 14.4. The number of hydrogen-bond acceptors (Lipinski definition) is 0. The second-order valence-electron chi connectivity index (χ2n) is 12.4. The van der Waals surface area contributed by atoms with Gasteiger partial charge in [0.1, 0.15) is 0 Å². The third-order valence-electron chi connectivity index (χ3n) is 9.79. The first-order chi connectivity index (χ1) is 17.2. The zero-order chi connectivity index (χ0) is 24.3. The van der Waals surface area contributed by atoms with Gasteiger partial charge in [0.15, 0.2) is 0 Å².